The number of nitrogens with zero attached hydrogens (tertiary/aromatic N) is 1. The number of benzene rings is 1. The Bertz CT molecular complexity index is 427. The zero-order valence-corrected chi connectivity index (χ0v) is 15.7. The van der Waals surface area contributed by atoms with Crippen molar-refractivity contribution < 1.29 is 14.2 Å². The molecular formula is C15H26IN3O3. The first kappa shape index (κ1) is 20.9. The summed E-state index contributed by atoms with van der Waals surface area (Å²) in [5, 5.41) is 3.06. The van der Waals surface area contributed by atoms with E-state index in [4.69, 9.17) is 19.9 Å². The second kappa shape index (κ2) is 12.5. The maximum absolute atomic E-state index is 5.81. The molecule has 0 aromatic heterocycles. The van der Waals surface area contributed by atoms with Gasteiger partial charge < -0.3 is 25.3 Å². The van der Waals surface area contributed by atoms with Crippen molar-refractivity contribution in [2.75, 3.05) is 34.0 Å². The first-order valence-corrected chi connectivity index (χ1v) is 6.91. The Labute approximate surface area is 149 Å². The van der Waals surface area contributed by atoms with Crippen molar-refractivity contribution >= 4 is 29.9 Å². The van der Waals surface area contributed by atoms with E-state index < -0.39 is 0 Å². The van der Waals surface area contributed by atoms with Crippen LogP contribution >= 0.6 is 24.0 Å². The number of nitrogens with two attached hydrogens (primary N) is 1. The summed E-state index contributed by atoms with van der Waals surface area (Å²) in [4.78, 5) is 4.29. The van der Waals surface area contributed by atoms with E-state index in [0.717, 1.165) is 11.3 Å². The van der Waals surface area contributed by atoms with E-state index in [9.17, 15) is 0 Å². The van der Waals surface area contributed by atoms with E-state index >= 15 is 0 Å². The van der Waals surface area contributed by atoms with Crippen molar-refractivity contribution in [3.8, 4) is 5.75 Å². The SMILES string of the molecule is COCCOc1ccc(CN=C(N)NC(C)COC)cc1.I. The van der Waals surface area contributed by atoms with E-state index in [0.29, 0.717) is 32.3 Å². The highest BCUT2D eigenvalue weighted by Gasteiger charge is 2.01. The summed E-state index contributed by atoms with van der Waals surface area (Å²) in [6.45, 7) is 4.22. The molecule has 0 bridgehead atoms. The summed E-state index contributed by atoms with van der Waals surface area (Å²) >= 11 is 0. The molecule has 0 heterocycles. The Morgan fingerprint density at radius 2 is 1.86 bits per heavy atom. The summed E-state index contributed by atoms with van der Waals surface area (Å²) in [7, 11) is 3.30. The second-order valence-electron chi connectivity index (χ2n) is 4.69. The molecule has 0 spiro atoms. The summed E-state index contributed by atoms with van der Waals surface area (Å²) in [5.74, 6) is 1.24. The normalized spacial score (nSPS) is 12.4. The molecule has 0 saturated carbocycles. The summed E-state index contributed by atoms with van der Waals surface area (Å²) < 4.78 is 15.4. The molecule has 3 N–H and O–H groups in total. The fraction of sp³-hybridized carbons (Fsp3) is 0.533. The standard InChI is InChI=1S/C15H25N3O3.HI/c1-12(11-20-3)18-15(16)17-10-13-4-6-14(7-5-13)21-9-8-19-2;/h4-7,12H,8-11H2,1-3H3,(H3,16,17,18);1H. The number of nitrogens with one attached hydrogen (secondary N) is 1. The van der Waals surface area contributed by atoms with Crippen LogP contribution in [0.5, 0.6) is 5.75 Å². The van der Waals surface area contributed by atoms with Crippen LogP contribution in [0.1, 0.15) is 12.5 Å². The van der Waals surface area contributed by atoms with Crippen LogP contribution in [0.2, 0.25) is 0 Å². The maximum atomic E-state index is 5.81. The van der Waals surface area contributed by atoms with Crippen LogP contribution in [-0.4, -0.2) is 46.0 Å². The predicted octanol–water partition coefficient (Wildman–Crippen LogP) is 1.77. The van der Waals surface area contributed by atoms with Gasteiger partial charge in [0.05, 0.1) is 19.8 Å². The van der Waals surface area contributed by atoms with Gasteiger partial charge in [-0.3, -0.25) is 0 Å². The van der Waals surface area contributed by atoms with E-state index in [1.807, 2.05) is 31.2 Å². The number of rotatable bonds is 9. The van der Waals surface area contributed by atoms with Gasteiger partial charge in [0, 0.05) is 20.3 Å². The molecule has 1 aromatic carbocycles. The lowest BCUT2D eigenvalue weighted by atomic mass is 10.2. The fourth-order valence-electron chi connectivity index (χ4n) is 1.70. The molecule has 0 fully saturated rings. The molecule has 22 heavy (non-hydrogen) atoms. The van der Waals surface area contributed by atoms with Gasteiger partial charge in [-0.05, 0) is 24.6 Å². The number of guanidine groups is 1. The number of hydrogen-bond donors (Lipinski definition) is 2. The average molecular weight is 423 g/mol. The largest absolute Gasteiger partial charge is 0.491 e. The minimum absolute atomic E-state index is 0. The van der Waals surface area contributed by atoms with E-state index in [-0.39, 0.29) is 30.0 Å². The van der Waals surface area contributed by atoms with Crippen LogP contribution in [0.15, 0.2) is 29.3 Å². The van der Waals surface area contributed by atoms with Crippen molar-refractivity contribution in [3.05, 3.63) is 29.8 Å². The van der Waals surface area contributed by atoms with Gasteiger partial charge in [0.1, 0.15) is 12.4 Å². The number of hydrogen-bond acceptors (Lipinski definition) is 4. The summed E-state index contributed by atoms with van der Waals surface area (Å²) in [6.07, 6.45) is 0. The smallest absolute Gasteiger partial charge is 0.189 e. The minimum Gasteiger partial charge on any atom is -0.491 e. The van der Waals surface area contributed by atoms with E-state index in [1.54, 1.807) is 14.2 Å². The topological polar surface area (TPSA) is 78.1 Å². The second-order valence-corrected chi connectivity index (χ2v) is 4.69. The molecule has 1 aromatic rings. The Balaban J connectivity index is 0.00000441. The first-order chi connectivity index (χ1) is 10.2. The molecule has 1 rings (SSSR count). The van der Waals surface area contributed by atoms with Crippen LogP contribution in [0.25, 0.3) is 0 Å². The molecule has 1 unspecified atom stereocenters. The van der Waals surface area contributed by atoms with Crippen LogP contribution in [0.3, 0.4) is 0 Å². The minimum atomic E-state index is 0. The molecule has 0 radical (unpaired) electrons. The average Bonchev–Trinajstić information content (AvgIpc) is 2.47. The lowest BCUT2D eigenvalue weighted by Crippen LogP contribution is -2.40. The van der Waals surface area contributed by atoms with Crippen molar-refractivity contribution in [1.29, 1.82) is 0 Å². The van der Waals surface area contributed by atoms with Crippen LogP contribution in [-0.2, 0) is 16.0 Å². The molecule has 1 atom stereocenters. The zero-order valence-electron chi connectivity index (χ0n) is 13.4. The predicted molar refractivity (Wildman–Crippen MR) is 99.0 cm³/mol. The molecule has 0 aliphatic carbocycles. The Hall–Kier alpha value is -1.06. The fourth-order valence-corrected chi connectivity index (χ4v) is 1.70. The third kappa shape index (κ3) is 9.06. The number of ether oxygens (including phenoxy) is 3. The van der Waals surface area contributed by atoms with Gasteiger partial charge in [0.25, 0.3) is 0 Å². The van der Waals surface area contributed by atoms with Gasteiger partial charge >= 0.3 is 0 Å². The molecule has 0 saturated heterocycles. The quantitative estimate of drug-likeness (QED) is 0.274. The number of methoxy groups -OCH3 is 2. The Morgan fingerprint density at radius 1 is 1.18 bits per heavy atom. The van der Waals surface area contributed by atoms with Crippen molar-refractivity contribution in [3.63, 3.8) is 0 Å². The van der Waals surface area contributed by atoms with Crippen molar-refractivity contribution in [2.45, 2.75) is 19.5 Å². The molecule has 126 valence electrons. The highest BCUT2D eigenvalue weighted by atomic mass is 127. The third-order valence-electron chi connectivity index (χ3n) is 2.72. The number of aliphatic imine (C=N–C) groups is 1. The molecule has 0 amide bonds. The van der Waals surface area contributed by atoms with Gasteiger partial charge in [-0.25, -0.2) is 4.99 Å². The lowest BCUT2D eigenvalue weighted by molar-refractivity contribution is 0.146. The molecular weight excluding hydrogens is 397 g/mol. The monoisotopic (exact) mass is 423 g/mol. The van der Waals surface area contributed by atoms with Crippen molar-refractivity contribution in [2.24, 2.45) is 10.7 Å². The highest BCUT2D eigenvalue weighted by Crippen LogP contribution is 2.12. The van der Waals surface area contributed by atoms with Gasteiger partial charge in [0.15, 0.2) is 5.96 Å². The van der Waals surface area contributed by atoms with Crippen LogP contribution in [0, 0.1) is 0 Å². The van der Waals surface area contributed by atoms with Gasteiger partial charge in [0.2, 0.25) is 0 Å². The van der Waals surface area contributed by atoms with Crippen LogP contribution < -0.4 is 15.8 Å². The Kier molecular flexibility index (Phi) is 11.9. The first-order valence-electron chi connectivity index (χ1n) is 6.91. The Morgan fingerprint density at radius 3 is 2.45 bits per heavy atom. The zero-order chi connectivity index (χ0) is 15.5. The third-order valence-corrected chi connectivity index (χ3v) is 2.72. The van der Waals surface area contributed by atoms with Gasteiger partial charge in [-0.1, -0.05) is 12.1 Å². The summed E-state index contributed by atoms with van der Waals surface area (Å²) in [6, 6.07) is 7.90. The maximum Gasteiger partial charge on any atom is 0.189 e. The lowest BCUT2D eigenvalue weighted by Gasteiger charge is -2.13. The summed E-state index contributed by atoms with van der Waals surface area (Å²) in [5.41, 5.74) is 6.88. The van der Waals surface area contributed by atoms with E-state index in [1.165, 1.54) is 0 Å². The van der Waals surface area contributed by atoms with Crippen LogP contribution in [0.4, 0.5) is 0 Å². The van der Waals surface area contributed by atoms with Crippen molar-refractivity contribution in [1.82, 2.24) is 5.32 Å². The molecule has 7 heteroatoms. The van der Waals surface area contributed by atoms with E-state index in [2.05, 4.69) is 10.3 Å². The molecule has 0 aliphatic rings. The molecule has 6 nitrogen and oxygen atoms in total. The molecule has 0 aliphatic heterocycles. The highest BCUT2D eigenvalue weighted by molar-refractivity contribution is 14.0. The number of halogens is 1. The van der Waals surface area contributed by atoms with Gasteiger partial charge in [-0.2, -0.15) is 0 Å². The van der Waals surface area contributed by atoms with Gasteiger partial charge in [-0.15, -0.1) is 24.0 Å².